The van der Waals surface area contributed by atoms with Gasteiger partial charge in [-0.2, -0.15) is 0 Å². The quantitative estimate of drug-likeness (QED) is 0.802. The molecule has 3 nitrogen and oxygen atoms in total. The van der Waals surface area contributed by atoms with Gasteiger partial charge in [-0.1, -0.05) is 0 Å². The number of anilines is 1. The molecule has 2 heterocycles. The molecule has 1 aromatic rings. The van der Waals surface area contributed by atoms with Crippen LogP contribution in [0, 0.1) is 3.57 Å². The van der Waals surface area contributed by atoms with Gasteiger partial charge in [0.2, 0.25) is 0 Å². The third-order valence-electron chi connectivity index (χ3n) is 2.59. The van der Waals surface area contributed by atoms with E-state index in [9.17, 15) is 0 Å². The first-order chi connectivity index (χ1) is 7.15. The van der Waals surface area contributed by atoms with Crippen LogP contribution in [0.3, 0.4) is 0 Å². The van der Waals surface area contributed by atoms with E-state index in [4.69, 9.17) is 0 Å². The standard InChI is InChI=1S/C11H16IN3/c1-8-6-15(7-9(2)14-8)11-4-3-10(12)5-13-11/h3-5,8-9,14H,6-7H2,1-2H3/t8-,9+. The topological polar surface area (TPSA) is 28.2 Å². The molecule has 0 aromatic carbocycles. The first kappa shape index (κ1) is 11.1. The van der Waals surface area contributed by atoms with Crippen molar-refractivity contribution in [2.24, 2.45) is 0 Å². The molecule has 1 fully saturated rings. The second-order valence-electron chi connectivity index (χ2n) is 4.21. The zero-order valence-electron chi connectivity index (χ0n) is 9.07. The summed E-state index contributed by atoms with van der Waals surface area (Å²) in [5, 5.41) is 3.52. The predicted octanol–water partition coefficient (Wildman–Crippen LogP) is 1.87. The Morgan fingerprint density at radius 3 is 2.53 bits per heavy atom. The second-order valence-corrected chi connectivity index (χ2v) is 5.45. The number of rotatable bonds is 1. The predicted molar refractivity (Wildman–Crippen MR) is 71.2 cm³/mol. The molecule has 2 atom stereocenters. The first-order valence-electron chi connectivity index (χ1n) is 5.27. The summed E-state index contributed by atoms with van der Waals surface area (Å²) < 4.78 is 1.19. The van der Waals surface area contributed by atoms with Gasteiger partial charge in [0.15, 0.2) is 0 Å². The van der Waals surface area contributed by atoms with Crippen molar-refractivity contribution in [3.8, 4) is 0 Å². The molecular weight excluding hydrogens is 301 g/mol. The summed E-state index contributed by atoms with van der Waals surface area (Å²) >= 11 is 2.28. The number of aromatic nitrogens is 1. The van der Waals surface area contributed by atoms with Crippen molar-refractivity contribution in [3.63, 3.8) is 0 Å². The minimum atomic E-state index is 0.537. The van der Waals surface area contributed by atoms with E-state index in [-0.39, 0.29) is 0 Å². The normalized spacial score (nSPS) is 26.7. The molecule has 0 bridgehead atoms. The average molecular weight is 317 g/mol. The summed E-state index contributed by atoms with van der Waals surface area (Å²) in [5.41, 5.74) is 0. The van der Waals surface area contributed by atoms with Crippen LogP contribution in [0.4, 0.5) is 5.82 Å². The molecule has 1 aromatic heterocycles. The number of nitrogens with zero attached hydrogens (tertiary/aromatic N) is 2. The fraction of sp³-hybridized carbons (Fsp3) is 0.545. The molecule has 1 saturated heterocycles. The van der Waals surface area contributed by atoms with Crippen LogP contribution in [0.5, 0.6) is 0 Å². The number of nitrogens with one attached hydrogen (secondary N) is 1. The van der Waals surface area contributed by atoms with E-state index in [2.05, 4.69) is 63.8 Å². The Hall–Kier alpha value is -0.360. The number of hydrogen-bond donors (Lipinski definition) is 1. The van der Waals surface area contributed by atoms with Gasteiger partial charge in [-0.05, 0) is 48.6 Å². The first-order valence-corrected chi connectivity index (χ1v) is 6.35. The van der Waals surface area contributed by atoms with Gasteiger partial charge < -0.3 is 10.2 Å². The lowest BCUT2D eigenvalue weighted by Gasteiger charge is -2.36. The van der Waals surface area contributed by atoms with E-state index < -0.39 is 0 Å². The third kappa shape index (κ3) is 2.81. The molecule has 4 heteroatoms. The van der Waals surface area contributed by atoms with E-state index in [1.165, 1.54) is 3.57 Å². The van der Waals surface area contributed by atoms with Crippen molar-refractivity contribution in [1.82, 2.24) is 10.3 Å². The maximum atomic E-state index is 4.46. The molecule has 0 saturated carbocycles. The molecule has 0 aliphatic carbocycles. The summed E-state index contributed by atoms with van der Waals surface area (Å²) in [7, 11) is 0. The molecule has 82 valence electrons. The van der Waals surface area contributed by atoms with Crippen molar-refractivity contribution in [3.05, 3.63) is 21.9 Å². The van der Waals surface area contributed by atoms with Gasteiger partial charge in [-0.3, -0.25) is 0 Å². The average Bonchev–Trinajstić information content (AvgIpc) is 2.17. The van der Waals surface area contributed by atoms with Gasteiger partial charge in [0, 0.05) is 34.9 Å². The van der Waals surface area contributed by atoms with E-state index in [0.29, 0.717) is 12.1 Å². The van der Waals surface area contributed by atoms with Crippen LogP contribution in [-0.2, 0) is 0 Å². The Morgan fingerprint density at radius 2 is 2.00 bits per heavy atom. The smallest absolute Gasteiger partial charge is 0.128 e. The third-order valence-corrected chi connectivity index (χ3v) is 3.23. The molecule has 0 spiro atoms. The number of piperazine rings is 1. The number of pyridine rings is 1. The molecular formula is C11H16IN3. The monoisotopic (exact) mass is 317 g/mol. The highest BCUT2D eigenvalue weighted by Crippen LogP contribution is 2.15. The van der Waals surface area contributed by atoms with Crippen molar-refractivity contribution in [1.29, 1.82) is 0 Å². The maximum absolute atomic E-state index is 4.46. The fourth-order valence-corrected chi connectivity index (χ4v) is 2.39. The Bertz CT molecular complexity index is 315. The zero-order valence-corrected chi connectivity index (χ0v) is 11.2. The molecule has 0 amide bonds. The Labute approximate surface area is 104 Å². The van der Waals surface area contributed by atoms with E-state index >= 15 is 0 Å². The highest BCUT2D eigenvalue weighted by molar-refractivity contribution is 14.1. The van der Waals surface area contributed by atoms with Crippen LogP contribution in [-0.4, -0.2) is 30.2 Å². The van der Waals surface area contributed by atoms with Gasteiger partial charge >= 0.3 is 0 Å². The summed E-state index contributed by atoms with van der Waals surface area (Å²) in [6.07, 6.45) is 1.92. The largest absolute Gasteiger partial charge is 0.354 e. The lowest BCUT2D eigenvalue weighted by Crippen LogP contribution is -2.54. The van der Waals surface area contributed by atoms with E-state index in [1.807, 2.05) is 6.20 Å². The zero-order chi connectivity index (χ0) is 10.8. The van der Waals surface area contributed by atoms with Gasteiger partial charge in [0.05, 0.1) is 0 Å². The van der Waals surface area contributed by atoms with Crippen LogP contribution in [0.2, 0.25) is 0 Å². The summed E-state index contributed by atoms with van der Waals surface area (Å²) in [6.45, 7) is 6.51. The molecule has 0 radical (unpaired) electrons. The van der Waals surface area contributed by atoms with Crippen LogP contribution in [0.25, 0.3) is 0 Å². The van der Waals surface area contributed by atoms with Crippen molar-refractivity contribution < 1.29 is 0 Å². The highest BCUT2D eigenvalue weighted by Gasteiger charge is 2.21. The summed E-state index contributed by atoms with van der Waals surface area (Å²) in [5.74, 6) is 1.09. The van der Waals surface area contributed by atoms with Crippen LogP contribution < -0.4 is 10.2 Å². The van der Waals surface area contributed by atoms with Crippen molar-refractivity contribution in [2.75, 3.05) is 18.0 Å². The lowest BCUT2D eigenvalue weighted by molar-refractivity contribution is 0.405. The van der Waals surface area contributed by atoms with Gasteiger partial charge in [-0.25, -0.2) is 4.98 Å². The van der Waals surface area contributed by atoms with E-state index in [1.54, 1.807) is 0 Å². The second kappa shape index (κ2) is 4.65. The number of hydrogen-bond acceptors (Lipinski definition) is 3. The van der Waals surface area contributed by atoms with Gasteiger partial charge in [-0.15, -0.1) is 0 Å². The van der Waals surface area contributed by atoms with Crippen molar-refractivity contribution >= 4 is 28.4 Å². The van der Waals surface area contributed by atoms with E-state index in [0.717, 1.165) is 18.9 Å². The molecule has 1 aliphatic rings. The lowest BCUT2D eigenvalue weighted by atomic mass is 10.1. The molecule has 2 rings (SSSR count). The summed E-state index contributed by atoms with van der Waals surface area (Å²) in [4.78, 5) is 6.81. The van der Waals surface area contributed by atoms with Crippen LogP contribution >= 0.6 is 22.6 Å². The Balaban J connectivity index is 2.12. The fourth-order valence-electron chi connectivity index (χ4n) is 2.07. The Kier molecular flexibility index (Phi) is 3.45. The molecule has 1 N–H and O–H groups in total. The number of halogens is 1. The Morgan fingerprint density at radius 1 is 1.33 bits per heavy atom. The minimum absolute atomic E-state index is 0.537. The highest BCUT2D eigenvalue weighted by atomic mass is 127. The molecule has 15 heavy (non-hydrogen) atoms. The van der Waals surface area contributed by atoms with Crippen LogP contribution in [0.15, 0.2) is 18.3 Å². The summed E-state index contributed by atoms with van der Waals surface area (Å²) in [6, 6.07) is 5.29. The molecule has 0 unspecified atom stereocenters. The molecule has 1 aliphatic heterocycles. The van der Waals surface area contributed by atoms with Gasteiger partial charge in [0.25, 0.3) is 0 Å². The minimum Gasteiger partial charge on any atom is -0.354 e. The maximum Gasteiger partial charge on any atom is 0.128 e. The SMILES string of the molecule is C[C@@H]1CN(c2ccc(I)cn2)C[C@H](C)N1. The van der Waals surface area contributed by atoms with Gasteiger partial charge in [0.1, 0.15) is 5.82 Å². The van der Waals surface area contributed by atoms with Crippen LogP contribution in [0.1, 0.15) is 13.8 Å². The van der Waals surface area contributed by atoms with Crippen molar-refractivity contribution in [2.45, 2.75) is 25.9 Å².